The van der Waals surface area contributed by atoms with Crippen LogP contribution in [-0.4, -0.2) is 68.7 Å². The van der Waals surface area contributed by atoms with E-state index in [0.29, 0.717) is 38.1 Å². The van der Waals surface area contributed by atoms with Gasteiger partial charge in [-0.25, -0.2) is 9.38 Å². The first-order valence-corrected chi connectivity index (χ1v) is 11.5. The van der Waals surface area contributed by atoms with Gasteiger partial charge in [-0.3, -0.25) is 9.59 Å². The van der Waals surface area contributed by atoms with Crippen LogP contribution in [0.15, 0.2) is 53.0 Å². The highest BCUT2D eigenvalue weighted by molar-refractivity contribution is 6.11. The van der Waals surface area contributed by atoms with E-state index >= 15 is 0 Å². The molecule has 2 aliphatic rings. The highest BCUT2D eigenvalue weighted by Crippen LogP contribution is 2.37. The Kier molecular flexibility index (Phi) is 7.68. The summed E-state index contributed by atoms with van der Waals surface area (Å²) in [5.74, 6) is -5.84. The molecule has 4 rings (SSSR count). The van der Waals surface area contributed by atoms with E-state index in [1.165, 1.54) is 18.2 Å². The second-order valence-electron chi connectivity index (χ2n) is 8.89. The molecule has 0 radical (unpaired) electrons. The van der Waals surface area contributed by atoms with Gasteiger partial charge >= 0.3 is 12.5 Å². The first kappa shape index (κ1) is 28.1. The maximum atomic E-state index is 14.7. The summed E-state index contributed by atoms with van der Waals surface area (Å²) in [6.45, 7) is 2.27. The molecule has 39 heavy (non-hydrogen) atoms. The topological polar surface area (TPSA) is 74.2 Å². The molecule has 0 aromatic heterocycles. The molecule has 0 spiro atoms. The number of nitrogens with zero attached hydrogens (tertiary/aromatic N) is 3. The summed E-state index contributed by atoms with van der Waals surface area (Å²) >= 11 is 0. The lowest BCUT2D eigenvalue weighted by molar-refractivity contribution is -0.274. The minimum absolute atomic E-state index is 0.00424. The highest BCUT2D eigenvalue weighted by atomic mass is 19.4. The van der Waals surface area contributed by atoms with Crippen LogP contribution in [-0.2, 0) is 9.59 Å². The zero-order valence-corrected chi connectivity index (χ0v) is 20.2. The number of anilines is 2. The summed E-state index contributed by atoms with van der Waals surface area (Å²) in [5.41, 5.74) is -1.26. The first-order chi connectivity index (χ1) is 18.2. The largest absolute Gasteiger partial charge is 0.573 e. The number of nitrogens with one attached hydrogen (secondary N) is 1. The van der Waals surface area contributed by atoms with Crippen LogP contribution >= 0.6 is 0 Å². The third kappa shape index (κ3) is 6.74. The van der Waals surface area contributed by atoms with Gasteiger partial charge < -0.3 is 19.9 Å². The third-order valence-corrected chi connectivity index (χ3v) is 6.16. The molecule has 1 fully saturated rings. The van der Waals surface area contributed by atoms with Gasteiger partial charge in [-0.05, 0) is 42.9 Å². The second-order valence-corrected chi connectivity index (χ2v) is 8.89. The number of benzene rings is 2. The summed E-state index contributed by atoms with van der Waals surface area (Å²) in [6.07, 6.45) is -9.18. The Morgan fingerprint density at radius 1 is 1.03 bits per heavy atom. The molecule has 2 heterocycles. The molecule has 0 saturated carbocycles. The fourth-order valence-electron chi connectivity index (χ4n) is 4.22. The van der Waals surface area contributed by atoms with Crippen LogP contribution in [0.3, 0.4) is 0 Å². The predicted molar refractivity (Wildman–Crippen MR) is 128 cm³/mol. The number of dihydropyridines is 1. The lowest BCUT2D eigenvalue weighted by Gasteiger charge is -2.35. The van der Waals surface area contributed by atoms with Crippen LogP contribution in [0, 0.1) is 11.7 Å². The molecule has 2 aromatic rings. The summed E-state index contributed by atoms with van der Waals surface area (Å²) < 4.78 is 97.3. The van der Waals surface area contributed by atoms with Crippen molar-refractivity contribution < 1.29 is 45.1 Å². The minimum Gasteiger partial charge on any atom is -0.406 e. The van der Waals surface area contributed by atoms with Crippen LogP contribution in [0.5, 0.6) is 5.75 Å². The van der Waals surface area contributed by atoms with Crippen molar-refractivity contribution in [3.8, 4) is 16.9 Å². The Morgan fingerprint density at radius 3 is 2.36 bits per heavy atom. The Labute approximate surface area is 217 Å². The van der Waals surface area contributed by atoms with E-state index in [4.69, 9.17) is 0 Å². The van der Waals surface area contributed by atoms with E-state index in [9.17, 15) is 40.3 Å². The lowest BCUT2D eigenvalue weighted by Crippen LogP contribution is -2.44. The fraction of sp³-hybridized carbons (Fsp3) is 0.320. The van der Waals surface area contributed by atoms with Crippen LogP contribution < -0.4 is 15.0 Å². The Morgan fingerprint density at radius 2 is 1.72 bits per heavy atom. The maximum absolute atomic E-state index is 14.7. The quantitative estimate of drug-likeness (QED) is 0.534. The zero-order chi connectivity index (χ0) is 28.5. The van der Waals surface area contributed by atoms with Crippen molar-refractivity contribution in [1.29, 1.82) is 0 Å². The van der Waals surface area contributed by atoms with E-state index in [2.05, 4.69) is 15.0 Å². The number of alkyl halides is 6. The summed E-state index contributed by atoms with van der Waals surface area (Å²) in [7, 11) is 1.90. The molecular weight excluding hydrogens is 537 g/mol. The van der Waals surface area contributed by atoms with Gasteiger partial charge in [-0.15, -0.1) is 13.2 Å². The monoisotopic (exact) mass is 558 g/mol. The summed E-state index contributed by atoms with van der Waals surface area (Å²) in [4.78, 5) is 31.7. The first-order valence-electron chi connectivity index (χ1n) is 11.5. The van der Waals surface area contributed by atoms with Crippen molar-refractivity contribution in [1.82, 2.24) is 4.90 Å². The van der Waals surface area contributed by atoms with Gasteiger partial charge in [0, 0.05) is 44.0 Å². The number of carbonyl (C=O) groups excluding carboxylic acids is 2. The maximum Gasteiger partial charge on any atom is 0.573 e. The SMILES string of the molecule is CN1CCN(c2ccc(-c3cc(OC(F)(F)F)ccc3F)cc2NC(=O)C2C=NC(=O)C=C2C(F)(F)F)CC1. The number of carbonyl (C=O) groups is 2. The van der Waals surface area contributed by atoms with Crippen molar-refractivity contribution >= 4 is 29.4 Å². The van der Waals surface area contributed by atoms with Gasteiger partial charge in [-0.1, -0.05) is 6.07 Å². The number of hydrogen-bond acceptors (Lipinski definition) is 5. The van der Waals surface area contributed by atoms with Crippen molar-refractivity contribution in [2.45, 2.75) is 12.5 Å². The molecule has 2 aromatic carbocycles. The van der Waals surface area contributed by atoms with Crippen LogP contribution in [0.25, 0.3) is 11.1 Å². The van der Waals surface area contributed by atoms with Gasteiger partial charge in [0.05, 0.1) is 16.9 Å². The average molecular weight is 558 g/mol. The van der Waals surface area contributed by atoms with Crippen molar-refractivity contribution in [2.75, 3.05) is 43.4 Å². The molecular formula is C25H21F7N4O3. The summed E-state index contributed by atoms with van der Waals surface area (Å²) in [6, 6.07) is 6.56. The molecule has 1 unspecified atom stereocenters. The van der Waals surface area contributed by atoms with Crippen LogP contribution in [0.1, 0.15) is 0 Å². The number of rotatable bonds is 5. The average Bonchev–Trinajstić information content (AvgIpc) is 2.84. The number of piperazine rings is 1. The Balaban J connectivity index is 1.73. The van der Waals surface area contributed by atoms with Crippen molar-refractivity contribution in [3.05, 3.63) is 53.9 Å². The third-order valence-electron chi connectivity index (χ3n) is 6.16. The summed E-state index contributed by atoms with van der Waals surface area (Å²) in [5, 5.41) is 2.42. The molecule has 14 heteroatoms. The normalized spacial score (nSPS) is 18.7. The number of likely N-dealkylation sites (N-methyl/N-ethyl adjacent to an activating group) is 1. The number of ether oxygens (including phenoxy) is 1. The van der Waals surface area contributed by atoms with Gasteiger partial charge in [0.15, 0.2) is 0 Å². The smallest absolute Gasteiger partial charge is 0.406 e. The van der Waals surface area contributed by atoms with E-state index in [-0.39, 0.29) is 22.9 Å². The molecule has 0 aliphatic carbocycles. The van der Waals surface area contributed by atoms with Crippen LogP contribution in [0.2, 0.25) is 0 Å². The molecule has 0 bridgehead atoms. The molecule has 208 valence electrons. The molecule has 2 amide bonds. The van der Waals surface area contributed by atoms with Gasteiger partial charge in [0.1, 0.15) is 17.5 Å². The Bertz CT molecular complexity index is 1330. The molecule has 7 nitrogen and oxygen atoms in total. The molecule has 1 saturated heterocycles. The number of amides is 2. The van der Waals surface area contributed by atoms with Gasteiger partial charge in [0.25, 0.3) is 5.91 Å². The van der Waals surface area contributed by atoms with Crippen molar-refractivity contribution in [2.24, 2.45) is 10.9 Å². The number of halogens is 7. The molecule has 2 aliphatic heterocycles. The molecule has 1 atom stereocenters. The molecule has 1 N–H and O–H groups in total. The van der Waals surface area contributed by atoms with E-state index < -0.39 is 47.4 Å². The zero-order valence-electron chi connectivity index (χ0n) is 20.2. The van der Waals surface area contributed by atoms with E-state index in [1.54, 1.807) is 0 Å². The van der Waals surface area contributed by atoms with Gasteiger partial charge in [0.2, 0.25) is 5.91 Å². The lowest BCUT2D eigenvalue weighted by atomic mass is 9.95. The predicted octanol–water partition coefficient (Wildman–Crippen LogP) is 4.80. The second kappa shape index (κ2) is 10.7. The minimum atomic E-state index is -5.02. The fourth-order valence-corrected chi connectivity index (χ4v) is 4.22. The van der Waals surface area contributed by atoms with Crippen molar-refractivity contribution in [3.63, 3.8) is 0 Å². The highest BCUT2D eigenvalue weighted by Gasteiger charge is 2.43. The Hall–Kier alpha value is -3.94. The van der Waals surface area contributed by atoms with E-state index in [1.807, 2.05) is 16.8 Å². The van der Waals surface area contributed by atoms with Crippen LogP contribution in [0.4, 0.5) is 42.1 Å². The van der Waals surface area contributed by atoms with Gasteiger partial charge in [-0.2, -0.15) is 13.2 Å². The number of hydrogen-bond donors (Lipinski definition) is 1. The number of aliphatic imine (C=N–C) groups is 1. The van der Waals surface area contributed by atoms with E-state index in [0.717, 1.165) is 18.2 Å². The standard InChI is InChI=1S/C25H21F7N4O3/c1-35-6-8-36(9-7-35)21-5-2-14(16-11-15(3-4-19(16)26)39-25(30,31)32)10-20(21)34-23(38)17-13-33-22(37)12-18(17)24(27,28)29/h2-5,10-13,17H,6-9H2,1H3,(H,34,38).